The van der Waals surface area contributed by atoms with E-state index < -0.39 is 6.03 Å². The van der Waals surface area contributed by atoms with Gasteiger partial charge in [-0.1, -0.05) is 63.2 Å². The third kappa shape index (κ3) is 7.26. The summed E-state index contributed by atoms with van der Waals surface area (Å²) in [6.45, 7) is 7.04. The first-order valence-corrected chi connectivity index (χ1v) is 15.2. The van der Waals surface area contributed by atoms with Crippen molar-refractivity contribution in [2.75, 3.05) is 36.3 Å². The maximum absolute atomic E-state index is 13.5. The molecule has 0 bridgehead atoms. The standard InChI is InChI=1S/C36H36N6O5/c1-36(2,3)22-18-27(33(43)38-24-20-46-21-24)32(45-4)29(19-22)41-35(44)40-28-14-15-30(26-13-9-8-12-25(26)28)47-31-16-17-37-34(42-31)39-23-10-6-5-7-11-23/h5-19,24H,20-21H2,1-4H3,(H,38,43)(H,37,39,42)(H2,40,41,44). The Hall–Kier alpha value is -5.68. The van der Waals surface area contributed by atoms with E-state index in [0.717, 1.165) is 22.0 Å². The Bertz CT molecular complexity index is 1920. The van der Waals surface area contributed by atoms with E-state index in [1.54, 1.807) is 30.5 Å². The molecule has 0 unspecified atom stereocenters. The van der Waals surface area contributed by atoms with Crippen LogP contribution in [-0.4, -0.2) is 48.3 Å². The Morgan fingerprint density at radius 2 is 1.60 bits per heavy atom. The zero-order chi connectivity index (χ0) is 33.0. The SMILES string of the molecule is COc1c(NC(=O)Nc2ccc(Oc3ccnc(Nc4ccccc4)n3)c3ccccc23)cc(C(C)(C)C)cc1C(=O)NC1COC1. The fourth-order valence-electron chi connectivity index (χ4n) is 5.09. The van der Waals surface area contributed by atoms with Crippen molar-refractivity contribution in [1.29, 1.82) is 0 Å². The van der Waals surface area contributed by atoms with Gasteiger partial charge in [0.25, 0.3) is 5.91 Å². The summed E-state index contributed by atoms with van der Waals surface area (Å²) in [5, 5.41) is 13.5. The Labute approximate surface area is 272 Å². The first-order valence-electron chi connectivity index (χ1n) is 15.2. The predicted octanol–water partition coefficient (Wildman–Crippen LogP) is 7.24. The molecule has 1 aliphatic rings. The van der Waals surface area contributed by atoms with Crippen molar-refractivity contribution in [1.82, 2.24) is 15.3 Å². The molecule has 0 aliphatic carbocycles. The molecule has 1 saturated heterocycles. The van der Waals surface area contributed by atoms with Crippen LogP contribution in [0.5, 0.6) is 17.4 Å². The van der Waals surface area contributed by atoms with Crippen molar-refractivity contribution in [3.05, 3.63) is 102 Å². The molecule has 11 nitrogen and oxygen atoms in total. The molecule has 3 amide bonds. The topological polar surface area (TPSA) is 136 Å². The van der Waals surface area contributed by atoms with Gasteiger partial charge in [-0.2, -0.15) is 4.98 Å². The van der Waals surface area contributed by atoms with E-state index in [1.807, 2.05) is 81.4 Å². The van der Waals surface area contributed by atoms with Gasteiger partial charge < -0.3 is 35.5 Å². The molecule has 1 fully saturated rings. The fourth-order valence-corrected chi connectivity index (χ4v) is 5.09. The molecule has 1 aromatic heterocycles. The van der Waals surface area contributed by atoms with E-state index in [4.69, 9.17) is 14.2 Å². The molecule has 0 radical (unpaired) electrons. The highest BCUT2D eigenvalue weighted by atomic mass is 16.5. The Kier molecular flexibility index (Phi) is 8.90. The van der Waals surface area contributed by atoms with Crippen molar-refractivity contribution in [2.24, 2.45) is 0 Å². The third-order valence-corrected chi connectivity index (χ3v) is 7.63. The van der Waals surface area contributed by atoms with Gasteiger partial charge in [-0.15, -0.1) is 0 Å². The van der Waals surface area contributed by atoms with Crippen LogP contribution in [0.2, 0.25) is 0 Å². The smallest absolute Gasteiger partial charge is 0.323 e. The zero-order valence-corrected chi connectivity index (χ0v) is 26.6. The average molecular weight is 633 g/mol. The summed E-state index contributed by atoms with van der Waals surface area (Å²) in [7, 11) is 1.48. The van der Waals surface area contributed by atoms with E-state index in [2.05, 4.69) is 31.2 Å². The van der Waals surface area contributed by atoms with Crippen LogP contribution in [0.3, 0.4) is 0 Å². The number of aromatic nitrogens is 2. The summed E-state index contributed by atoms with van der Waals surface area (Å²) in [6, 6.07) is 25.5. The lowest BCUT2D eigenvalue weighted by molar-refractivity contribution is -0.00350. The molecule has 4 N–H and O–H groups in total. The van der Waals surface area contributed by atoms with Gasteiger partial charge in [-0.25, -0.2) is 9.78 Å². The van der Waals surface area contributed by atoms with Crippen molar-refractivity contribution in [3.63, 3.8) is 0 Å². The summed E-state index contributed by atoms with van der Waals surface area (Å²) in [4.78, 5) is 35.5. The number of ether oxygens (including phenoxy) is 3. The maximum atomic E-state index is 13.5. The number of hydrogen-bond donors (Lipinski definition) is 4. The number of rotatable bonds is 9. The van der Waals surface area contributed by atoms with Crippen LogP contribution in [0, 0.1) is 0 Å². The number of nitrogens with zero attached hydrogens (tertiary/aromatic N) is 2. The van der Waals surface area contributed by atoms with E-state index in [1.165, 1.54) is 7.11 Å². The highest BCUT2D eigenvalue weighted by Crippen LogP contribution is 2.37. The van der Waals surface area contributed by atoms with Gasteiger partial charge in [0.05, 0.1) is 43.3 Å². The Morgan fingerprint density at radius 3 is 2.30 bits per heavy atom. The monoisotopic (exact) mass is 632 g/mol. The largest absolute Gasteiger partial charge is 0.494 e. The van der Waals surface area contributed by atoms with Crippen LogP contribution < -0.4 is 30.7 Å². The highest BCUT2D eigenvalue weighted by molar-refractivity contribution is 6.09. The third-order valence-electron chi connectivity index (χ3n) is 7.63. The predicted molar refractivity (Wildman–Crippen MR) is 182 cm³/mol. The number of carbonyl (C=O) groups is 2. The number of methoxy groups -OCH3 is 1. The molecule has 47 heavy (non-hydrogen) atoms. The molecule has 0 saturated carbocycles. The summed E-state index contributed by atoms with van der Waals surface area (Å²) < 4.78 is 17.1. The zero-order valence-electron chi connectivity index (χ0n) is 26.6. The van der Waals surface area contributed by atoms with Gasteiger partial charge in [0.2, 0.25) is 11.8 Å². The van der Waals surface area contributed by atoms with Crippen molar-refractivity contribution in [2.45, 2.75) is 32.2 Å². The van der Waals surface area contributed by atoms with E-state index in [0.29, 0.717) is 47.7 Å². The fraction of sp³-hybridized carbons (Fsp3) is 0.222. The molecule has 6 rings (SSSR count). The summed E-state index contributed by atoms with van der Waals surface area (Å²) in [5.41, 5.74) is 2.69. The number of amides is 3. The number of para-hydroxylation sites is 1. The Morgan fingerprint density at radius 1 is 0.872 bits per heavy atom. The lowest BCUT2D eigenvalue weighted by Crippen LogP contribution is -2.48. The molecular formula is C36H36N6O5. The minimum absolute atomic E-state index is 0.0622. The van der Waals surface area contributed by atoms with Crippen LogP contribution in [0.4, 0.5) is 27.8 Å². The first kappa shape index (κ1) is 31.3. The second kappa shape index (κ2) is 13.4. The molecule has 11 heteroatoms. The van der Waals surface area contributed by atoms with Gasteiger partial charge in [0, 0.05) is 28.7 Å². The van der Waals surface area contributed by atoms with Crippen molar-refractivity contribution < 1.29 is 23.8 Å². The first-order chi connectivity index (χ1) is 22.7. The van der Waals surface area contributed by atoms with Gasteiger partial charge in [-0.05, 0) is 47.4 Å². The van der Waals surface area contributed by atoms with E-state index in [-0.39, 0.29) is 23.1 Å². The number of carbonyl (C=O) groups excluding carboxylic acids is 2. The number of benzene rings is 4. The average Bonchev–Trinajstić information content (AvgIpc) is 3.03. The number of urea groups is 1. The number of nitrogens with one attached hydrogen (secondary N) is 4. The summed E-state index contributed by atoms with van der Waals surface area (Å²) in [5.74, 6) is 1.29. The number of hydrogen-bond acceptors (Lipinski definition) is 8. The van der Waals surface area contributed by atoms with Crippen molar-refractivity contribution >= 4 is 45.7 Å². The molecule has 240 valence electrons. The van der Waals surface area contributed by atoms with Crippen LogP contribution >= 0.6 is 0 Å². The minimum Gasteiger partial charge on any atom is -0.494 e. The molecule has 4 aromatic carbocycles. The molecule has 0 spiro atoms. The van der Waals surface area contributed by atoms with Gasteiger partial charge in [-0.3, -0.25) is 4.79 Å². The van der Waals surface area contributed by atoms with E-state index >= 15 is 0 Å². The molecule has 2 heterocycles. The van der Waals surface area contributed by atoms with Gasteiger partial charge in [0.1, 0.15) is 5.75 Å². The summed E-state index contributed by atoms with van der Waals surface area (Å²) >= 11 is 0. The lowest BCUT2D eigenvalue weighted by atomic mass is 9.85. The second-order valence-corrected chi connectivity index (χ2v) is 12.1. The maximum Gasteiger partial charge on any atom is 0.323 e. The van der Waals surface area contributed by atoms with Crippen LogP contribution in [0.15, 0.2) is 91.1 Å². The highest BCUT2D eigenvalue weighted by Gasteiger charge is 2.27. The van der Waals surface area contributed by atoms with Crippen LogP contribution in [0.25, 0.3) is 10.8 Å². The van der Waals surface area contributed by atoms with Crippen LogP contribution in [0.1, 0.15) is 36.7 Å². The minimum atomic E-state index is -0.501. The molecule has 1 aliphatic heterocycles. The second-order valence-electron chi connectivity index (χ2n) is 12.1. The lowest BCUT2D eigenvalue weighted by Gasteiger charge is -2.28. The number of fused-ring (bicyclic) bond motifs is 1. The molecule has 5 aromatic rings. The quantitative estimate of drug-likeness (QED) is 0.134. The molecular weight excluding hydrogens is 596 g/mol. The summed E-state index contributed by atoms with van der Waals surface area (Å²) in [6.07, 6.45) is 1.62. The van der Waals surface area contributed by atoms with Crippen LogP contribution in [-0.2, 0) is 10.2 Å². The van der Waals surface area contributed by atoms with Crippen molar-refractivity contribution in [3.8, 4) is 17.4 Å². The normalized spacial score (nSPS) is 12.9. The van der Waals surface area contributed by atoms with Gasteiger partial charge >= 0.3 is 6.03 Å². The number of anilines is 4. The molecule has 0 atom stereocenters. The van der Waals surface area contributed by atoms with E-state index in [9.17, 15) is 9.59 Å². The Balaban J connectivity index is 1.24. The van der Waals surface area contributed by atoms with Gasteiger partial charge in [0.15, 0.2) is 5.75 Å².